The highest BCUT2D eigenvalue weighted by Gasteiger charge is 2.16. The molecule has 6 nitrogen and oxygen atoms in total. The third-order valence-electron chi connectivity index (χ3n) is 1.72. The molecule has 0 saturated heterocycles. The number of ether oxygens (including phenoxy) is 1. The monoisotopic (exact) mass is 252 g/mol. The van der Waals surface area contributed by atoms with Crippen LogP contribution < -0.4 is 10.0 Å². The van der Waals surface area contributed by atoms with Gasteiger partial charge in [-0.15, -0.1) is 0 Å². The standard InChI is InChI=1S/C9H20N2O4S/c1-3-10-6-5-7-11-16(13,14)8-9(12)15-4-2/h10-11H,3-8H2,1-2H3. The highest BCUT2D eigenvalue weighted by molar-refractivity contribution is 7.90. The largest absolute Gasteiger partial charge is 0.465 e. The van der Waals surface area contributed by atoms with Gasteiger partial charge in [-0.3, -0.25) is 4.79 Å². The summed E-state index contributed by atoms with van der Waals surface area (Å²) in [5.41, 5.74) is 0. The molecule has 0 radical (unpaired) electrons. The van der Waals surface area contributed by atoms with Crippen LogP contribution in [0.15, 0.2) is 0 Å². The van der Waals surface area contributed by atoms with Crippen LogP contribution in [0, 0.1) is 0 Å². The second kappa shape index (κ2) is 8.49. The first-order valence-electron chi connectivity index (χ1n) is 5.35. The van der Waals surface area contributed by atoms with Crippen LogP contribution in [0.5, 0.6) is 0 Å². The Hall–Kier alpha value is -0.660. The Bertz CT molecular complexity index is 290. The van der Waals surface area contributed by atoms with Crippen LogP contribution in [0.3, 0.4) is 0 Å². The summed E-state index contributed by atoms with van der Waals surface area (Å²) in [7, 11) is -3.54. The first-order chi connectivity index (χ1) is 7.52. The summed E-state index contributed by atoms with van der Waals surface area (Å²) in [6, 6.07) is 0. The van der Waals surface area contributed by atoms with E-state index in [-0.39, 0.29) is 6.61 Å². The summed E-state index contributed by atoms with van der Waals surface area (Å²) in [5.74, 6) is -1.33. The van der Waals surface area contributed by atoms with E-state index in [1.165, 1.54) is 0 Å². The van der Waals surface area contributed by atoms with E-state index in [0.717, 1.165) is 13.1 Å². The Morgan fingerprint density at radius 1 is 1.25 bits per heavy atom. The molecule has 0 fully saturated rings. The number of hydrogen-bond acceptors (Lipinski definition) is 5. The van der Waals surface area contributed by atoms with Crippen LogP contribution in [0.2, 0.25) is 0 Å². The minimum absolute atomic E-state index is 0.189. The molecule has 0 amide bonds. The van der Waals surface area contributed by atoms with Gasteiger partial charge in [0.1, 0.15) is 0 Å². The average Bonchev–Trinajstić information content (AvgIpc) is 2.16. The third-order valence-corrected chi connectivity index (χ3v) is 2.98. The normalized spacial score (nSPS) is 11.4. The molecule has 0 rings (SSSR count). The number of sulfonamides is 1. The van der Waals surface area contributed by atoms with E-state index in [1.54, 1.807) is 6.92 Å². The number of hydrogen-bond donors (Lipinski definition) is 2. The SMILES string of the molecule is CCNCCCNS(=O)(=O)CC(=O)OCC. The van der Waals surface area contributed by atoms with Crippen LogP contribution in [-0.4, -0.2) is 46.4 Å². The smallest absolute Gasteiger partial charge is 0.322 e. The van der Waals surface area contributed by atoms with Crippen molar-refractivity contribution in [3.63, 3.8) is 0 Å². The molecule has 0 aliphatic heterocycles. The Kier molecular flexibility index (Phi) is 8.14. The van der Waals surface area contributed by atoms with Crippen molar-refractivity contribution < 1.29 is 17.9 Å². The van der Waals surface area contributed by atoms with E-state index in [0.29, 0.717) is 13.0 Å². The molecule has 0 heterocycles. The van der Waals surface area contributed by atoms with Crippen molar-refractivity contribution >= 4 is 16.0 Å². The summed E-state index contributed by atoms with van der Waals surface area (Å²) in [6.45, 7) is 5.73. The summed E-state index contributed by atoms with van der Waals surface area (Å²) >= 11 is 0. The van der Waals surface area contributed by atoms with Crippen LogP contribution in [0.4, 0.5) is 0 Å². The van der Waals surface area contributed by atoms with Gasteiger partial charge < -0.3 is 10.1 Å². The van der Waals surface area contributed by atoms with Gasteiger partial charge in [0.15, 0.2) is 5.75 Å². The molecule has 0 aromatic heterocycles. The van der Waals surface area contributed by atoms with Gasteiger partial charge >= 0.3 is 5.97 Å². The van der Waals surface area contributed by atoms with Gasteiger partial charge in [0.25, 0.3) is 0 Å². The minimum Gasteiger partial charge on any atom is -0.465 e. The zero-order valence-corrected chi connectivity index (χ0v) is 10.6. The molecule has 0 aliphatic carbocycles. The van der Waals surface area contributed by atoms with E-state index in [2.05, 4.69) is 14.8 Å². The van der Waals surface area contributed by atoms with Crippen molar-refractivity contribution in [3.05, 3.63) is 0 Å². The maximum atomic E-state index is 11.3. The lowest BCUT2D eigenvalue weighted by atomic mass is 10.4. The lowest BCUT2D eigenvalue weighted by Crippen LogP contribution is -2.32. The van der Waals surface area contributed by atoms with Gasteiger partial charge in [-0.2, -0.15) is 0 Å². The van der Waals surface area contributed by atoms with E-state index >= 15 is 0 Å². The molecule has 0 saturated carbocycles. The van der Waals surface area contributed by atoms with Crippen molar-refractivity contribution in [1.29, 1.82) is 0 Å². The predicted octanol–water partition coefficient (Wildman–Crippen LogP) is -0.531. The van der Waals surface area contributed by atoms with E-state index in [4.69, 9.17) is 0 Å². The summed E-state index contributed by atoms with van der Waals surface area (Å²) in [5, 5.41) is 3.07. The van der Waals surface area contributed by atoms with Gasteiger partial charge in [-0.25, -0.2) is 13.1 Å². The molecule has 0 aromatic rings. The Labute approximate surface area is 96.8 Å². The zero-order valence-electron chi connectivity index (χ0n) is 9.78. The van der Waals surface area contributed by atoms with Crippen molar-refractivity contribution in [1.82, 2.24) is 10.0 Å². The second-order valence-corrected chi connectivity index (χ2v) is 4.97. The Balaban J connectivity index is 3.74. The average molecular weight is 252 g/mol. The van der Waals surface area contributed by atoms with Gasteiger partial charge in [-0.05, 0) is 26.4 Å². The van der Waals surface area contributed by atoms with Gasteiger partial charge in [-0.1, -0.05) is 6.92 Å². The van der Waals surface area contributed by atoms with E-state index in [9.17, 15) is 13.2 Å². The minimum atomic E-state index is -3.54. The molecule has 0 bridgehead atoms. The van der Waals surface area contributed by atoms with Crippen molar-refractivity contribution in [3.8, 4) is 0 Å². The fraction of sp³-hybridized carbons (Fsp3) is 0.889. The molecule has 7 heteroatoms. The first-order valence-corrected chi connectivity index (χ1v) is 7.00. The lowest BCUT2D eigenvalue weighted by molar-refractivity contribution is -0.139. The predicted molar refractivity (Wildman–Crippen MR) is 61.6 cm³/mol. The maximum absolute atomic E-state index is 11.3. The van der Waals surface area contributed by atoms with Crippen molar-refractivity contribution in [2.45, 2.75) is 20.3 Å². The zero-order chi connectivity index (χ0) is 12.4. The molecule has 96 valence electrons. The quantitative estimate of drug-likeness (QED) is 0.425. The van der Waals surface area contributed by atoms with Gasteiger partial charge in [0.05, 0.1) is 6.61 Å². The number of esters is 1. The van der Waals surface area contributed by atoms with E-state index in [1.807, 2.05) is 6.92 Å². The van der Waals surface area contributed by atoms with Crippen LogP contribution >= 0.6 is 0 Å². The van der Waals surface area contributed by atoms with Crippen LogP contribution in [0.1, 0.15) is 20.3 Å². The molecule has 0 spiro atoms. The highest BCUT2D eigenvalue weighted by Crippen LogP contribution is 1.88. The van der Waals surface area contributed by atoms with Crippen LogP contribution in [-0.2, 0) is 19.6 Å². The molecule has 0 unspecified atom stereocenters. The topological polar surface area (TPSA) is 84.5 Å². The number of carbonyl (C=O) groups is 1. The molecule has 2 N–H and O–H groups in total. The van der Waals surface area contributed by atoms with Crippen molar-refractivity contribution in [2.24, 2.45) is 0 Å². The Morgan fingerprint density at radius 3 is 2.50 bits per heavy atom. The maximum Gasteiger partial charge on any atom is 0.322 e. The van der Waals surface area contributed by atoms with Gasteiger partial charge in [0.2, 0.25) is 10.0 Å². The second-order valence-electron chi connectivity index (χ2n) is 3.17. The fourth-order valence-corrected chi connectivity index (χ4v) is 1.98. The van der Waals surface area contributed by atoms with Gasteiger partial charge in [0, 0.05) is 6.54 Å². The van der Waals surface area contributed by atoms with E-state index < -0.39 is 21.7 Å². The molecule has 16 heavy (non-hydrogen) atoms. The number of carbonyl (C=O) groups excluding carboxylic acids is 1. The highest BCUT2D eigenvalue weighted by atomic mass is 32.2. The Morgan fingerprint density at radius 2 is 1.94 bits per heavy atom. The molecule has 0 aliphatic rings. The molecule has 0 aromatic carbocycles. The fourth-order valence-electron chi connectivity index (χ4n) is 1.03. The summed E-state index contributed by atoms with van der Waals surface area (Å²) in [4.78, 5) is 10.9. The first kappa shape index (κ1) is 15.3. The summed E-state index contributed by atoms with van der Waals surface area (Å²) < 4.78 is 29.5. The van der Waals surface area contributed by atoms with Crippen LogP contribution in [0.25, 0.3) is 0 Å². The molecular formula is C9H20N2O4S. The number of nitrogens with one attached hydrogen (secondary N) is 2. The molecular weight excluding hydrogens is 232 g/mol. The summed E-state index contributed by atoms with van der Waals surface area (Å²) in [6.07, 6.45) is 0.690. The van der Waals surface area contributed by atoms with Crippen molar-refractivity contribution in [2.75, 3.05) is 32.0 Å². The lowest BCUT2D eigenvalue weighted by Gasteiger charge is -2.06. The number of rotatable bonds is 9. The third kappa shape index (κ3) is 8.63. The molecule has 0 atom stereocenters.